The highest BCUT2D eigenvalue weighted by molar-refractivity contribution is 5.33. The lowest BCUT2D eigenvalue weighted by molar-refractivity contribution is -0.121. The van der Waals surface area contributed by atoms with Gasteiger partial charge in [-0.1, -0.05) is 11.8 Å². The molecule has 5 unspecified atom stereocenters. The van der Waals surface area contributed by atoms with Crippen molar-refractivity contribution in [3.05, 3.63) is 35.6 Å². The molecule has 2 aliphatic rings. The van der Waals surface area contributed by atoms with Crippen LogP contribution in [0.25, 0.3) is 0 Å². The number of benzene rings is 1. The van der Waals surface area contributed by atoms with Gasteiger partial charge in [-0.3, -0.25) is 4.90 Å². The lowest BCUT2D eigenvalue weighted by Crippen LogP contribution is -2.53. The van der Waals surface area contributed by atoms with E-state index in [2.05, 4.69) is 11.8 Å². The van der Waals surface area contributed by atoms with Gasteiger partial charge in [0.2, 0.25) is 0 Å². The summed E-state index contributed by atoms with van der Waals surface area (Å²) >= 11 is 0. The van der Waals surface area contributed by atoms with Gasteiger partial charge in [0.1, 0.15) is 18.0 Å². The van der Waals surface area contributed by atoms with Crippen LogP contribution in [0, 0.1) is 17.7 Å². The lowest BCUT2D eigenvalue weighted by Gasteiger charge is -2.30. The van der Waals surface area contributed by atoms with Gasteiger partial charge in [0.25, 0.3) is 0 Å². The molecule has 5 nitrogen and oxygen atoms in total. The van der Waals surface area contributed by atoms with Crippen LogP contribution >= 0.6 is 0 Å². The number of hydrogen-bond acceptors (Lipinski definition) is 5. The summed E-state index contributed by atoms with van der Waals surface area (Å²) in [7, 11) is 0. The Morgan fingerprint density at radius 1 is 0.875 bits per heavy atom. The molecule has 2 fully saturated rings. The van der Waals surface area contributed by atoms with Crippen LogP contribution in [0.3, 0.4) is 0 Å². The van der Waals surface area contributed by atoms with Crippen molar-refractivity contribution in [2.24, 2.45) is 0 Å². The number of unbranched alkanes of at least 4 members (excludes halogenated alkanes) is 2. The summed E-state index contributed by atoms with van der Waals surface area (Å²) in [6.45, 7) is 0.682. The topological polar surface area (TPSA) is 83.9 Å². The van der Waals surface area contributed by atoms with E-state index in [4.69, 9.17) is 0 Å². The van der Waals surface area contributed by atoms with Gasteiger partial charge in [-0.25, -0.2) is 4.39 Å². The molecule has 4 N–H and O–H groups in total. The van der Waals surface area contributed by atoms with E-state index in [1.807, 2.05) is 4.90 Å². The number of hydrogen-bond donors (Lipinski definition) is 4. The molecule has 130 valence electrons. The molecular weight excluding hydrogens is 313 g/mol. The van der Waals surface area contributed by atoms with Gasteiger partial charge in [0, 0.05) is 12.0 Å². The molecule has 1 aliphatic carbocycles. The molecule has 1 aromatic carbocycles. The largest absolute Gasteiger partial charge is 0.389 e. The maximum absolute atomic E-state index is 12.8. The van der Waals surface area contributed by atoms with Crippen LogP contribution in [-0.2, 0) is 0 Å². The third kappa shape index (κ3) is 3.46. The maximum Gasteiger partial charge on any atom is 0.123 e. The van der Waals surface area contributed by atoms with Gasteiger partial charge in [-0.2, -0.15) is 0 Å². The first-order valence-electron chi connectivity index (χ1n) is 8.23. The smallest absolute Gasteiger partial charge is 0.123 e. The molecule has 1 aromatic rings. The fraction of sp³-hybridized carbons (Fsp3) is 0.556. The van der Waals surface area contributed by atoms with E-state index in [1.54, 1.807) is 12.1 Å². The average molecular weight is 335 g/mol. The van der Waals surface area contributed by atoms with Crippen molar-refractivity contribution in [3.63, 3.8) is 0 Å². The fourth-order valence-electron chi connectivity index (χ4n) is 3.43. The van der Waals surface area contributed by atoms with Crippen LogP contribution in [0.15, 0.2) is 24.3 Å². The highest BCUT2D eigenvalue weighted by Gasteiger charge is 2.63. The Morgan fingerprint density at radius 2 is 1.46 bits per heavy atom. The SMILES string of the molecule is OC1C(O)C(O)[C@H]2[C@@H](C1O)N2CCCCC#Cc1ccc(F)cc1. The van der Waals surface area contributed by atoms with E-state index >= 15 is 0 Å². The Balaban J connectivity index is 1.40. The summed E-state index contributed by atoms with van der Waals surface area (Å²) < 4.78 is 12.8. The standard InChI is InChI=1S/C18H22FNO4/c19-12-8-6-11(7-9-12)5-3-1-2-4-10-20-13-14(20)16(22)18(24)17(23)15(13)21/h6-9,13-18,21-24H,1-2,4,10H2/t13-,14+,15?,16?,17?,18?,20?. The summed E-state index contributed by atoms with van der Waals surface area (Å²) in [6.07, 6.45) is -2.23. The van der Waals surface area contributed by atoms with E-state index in [9.17, 15) is 24.8 Å². The van der Waals surface area contributed by atoms with Crippen molar-refractivity contribution < 1.29 is 24.8 Å². The summed E-state index contributed by atoms with van der Waals surface area (Å²) in [5, 5.41) is 39.2. The molecule has 1 aliphatic heterocycles. The molecule has 1 saturated carbocycles. The normalized spacial score (nSPS) is 37.3. The second-order valence-corrected chi connectivity index (χ2v) is 6.45. The van der Waals surface area contributed by atoms with Crippen LogP contribution in [0.1, 0.15) is 24.8 Å². The third-order valence-corrected chi connectivity index (χ3v) is 4.82. The number of fused-ring (bicyclic) bond motifs is 1. The molecule has 0 amide bonds. The molecule has 3 rings (SSSR count). The highest BCUT2D eigenvalue weighted by Crippen LogP contribution is 2.41. The van der Waals surface area contributed by atoms with Gasteiger partial charge in [-0.15, -0.1) is 0 Å². The predicted molar refractivity (Wildman–Crippen MR) is 85.4 cm³/mol. The predicted octanol–water partition coefficient (Wildman–Crippen LogP) is -0.143. The summed E-state index contributed by atoms with van der Waals surface area (Å²) in [4.78, 5) is 1.92. The molecule has 0 aromatic heterocycles. The Labute approximate surface area is 140 Å². The van der Waals surface area contributed by atoms with E-state index in [0.717, 1.165) is 18.4 Å². The van der Waals surface area contributed by atoms with Crippen LogP contribution < -0.4 is 0 Å². The summed E-state index contributed by atoms with van der Waals surface area (Å²) in [5.41, 5.74) is 0.780. The lowest BCUT2D eigenvalue weighted by atomic mass is 9.90. The Hall–Kier alpha value is -1.49. The monoisotopic (exact) mass is 335 g/mol. The van der Waals surface area contributed by atoms with E-state index in [1.165, 1.54) is 12.1 Å². The molecule has 0 spiro atoms. The quantitative estimate of drug-likeness (QED) is 0.350. The minimum absolute atomic E-state index is 0.274. The molecule has 0 bridgehead atoms. The van der Waals surface area contributed by atoms with Gasteiger partial charge in [-0.05, 0) is 43.7 Å². The average Bonchev–Trinajstić information content (AvgIpc) is 3.30. The number of aliphatic hydroxyl groups excluding tert-OH is 4. The first kappa shape index (κ1) is 17.3. The fourth-order valence-corrected chi connectivity index (χ4v) is 3.43. The first-order valence-corrected chi connectivity index (χ1v) is 8.23. The highest BCUT2D eigenvalue weighted by atomic mass is 19.1. The molecule has 7 atom stereocenters. The minimum Gasteiger partial charge on any atom is -0.389 e. The number of halogens is 1. The summed E-state index contributed by atoms with van der Waals surface area (Å²) in [6, 6.07) is 5.49. The molecule has 1 saturated heterocycles. The van der Waals surface area contributed by atoms with Gasteiger partial charge >= 0.3 is 0 Å². The van der Waals surface area contributed by atoms with Crippen molar-refractivity contribution in [1.29, 1.82) is 0 Å². The summed E-state index contributed by atoms with van der Waals surface area (Å²) in [5.74, 6) is 5.74. The third-order valence-electron chi connectivity index (χ3n) is 4.82. The van der Waals surface area contributed by atoms with Crippen LogP contribution in [0.4, 0.5) is 4.39 Å². The van der Waals surface area contributed by atoms with Crippen molar-refractivity contribution >= 4 is 0 Å². The Bertz CT molecular complexity index is 606. The molecule has 24 heavy (non-hydrogen) atoms. The van der Waals surface area contributed by atoms with E-state index in [0.29, 0.717) is 13.0 Å². The van der Waals surface area contributed by atoms with Crippen LogP contribution in [0.2, 0.25) is 0 Å². The zero-order valence-corrected chi connectivity index (χ0v) is 13.2. The van der Waals surface area contributed by atoms with E-state index < -0.39 is 24.4 Å². The van der Waals surface area contributed by atoms with Crippen molar-refractivity contribution in [2.45, 2.75) is 55.8 Å². The number of rotatable bonds is 4. The Morgan fingerprint density at radius 3 is 2.04 bits per heavy atom. The maximum atomic E-state index is 12.8. The zero-order chi connectivity index (χ0) is 17.3. The minimum atomic E-state index is -1.30. The van der Waals surface area contributed by atoms with Crippen molar-refractivity contribution in [2.75, 3.05) is 6.54 Å². The molecule has 1 heterocycles. The van der Waals surface area contributed by atoms with Gasteiger partial charge < -0.3 is 20.4 Å². The first-order chi connectivity index (χ1) is 11.5. The second kappa shape index (κ2) is 7.18. The second-order valence-electron chi connectivity index (χ2n) is 6.45. The zero-order valence-electron chi connectivity index (χ0n) is 13.2. The van der Waals surface area contributed by atoms with Gasteiger partial charge in [0.15, 0.2) is 0 Å². The van der Waals surface area contributed by atoms with Crippen molar-refractivity contribution in [3.8, 4) is 11.8 Å². The molecular formula is C18H22FNO4. The Kier molecular flexibility index (Phi) is 5.18. The number of nitrogens with zero attached hydrogens (tertiary/aromatic N) is 1. The number of aliphatic hydroxyl groups is 4. The van der Waals surface area contributed by atoms with Crippen molar-refractivity contribution in [1.82, 2.24) is 4.90 Å². The van der Waals surface area contributed by atoms with Crippen LogP contribution in [-0.4, -0.2) is 68.4 Å². The molecule has 0 radical (unpaired) electrons. The molecule has 6 heteroatoms. The number of likely N-dealkylation sites (tertiary alicyclic amines) is 1. The van der Waals surface area contributed by atoms with E-state index in [-0.39, 0.29) is 17.9 Å². The van der Waals surface area contributed by atoms with Crippen LogP contribution in [0.5, 0.6) is 0 Å². The van der Waals surface area contributed by atoms with Gasteiger partial charge in [0.05, 0.1) is 24.3 Å².